The summed E-state index contributed by atoms with van der Waals surface area (Å²) in [5.74, 6) is 1.94. The van der Waals surface area contributed by atoms with Crippen LogP contribution < -0.4 is 10.6 Å². The highest BCUT2D eigenvalue weighted by Gasteiger charge is 2.00. The summed E-state index contributed by atoms with van der Waals surface area (Å²) in [6.07, 6.45) is 3.41. The van der Waals surface area contributed by atoms with Crippen molar-refractivity contribution in [2.24, 2.45) is 0 Å². The van der Waals surface area contributed by atoms with Gasteiger partial charge >= 0.3 is 0 Å². The Bertz CT molecular complexity index is 613. The first-order valence-electron chi connectivity index (χ1n) is 6.23. The summed E-state index contributed by atoms with van der Waals surface area (Å²) < 4.78 is 0. The SMILES string of the molecule is c1ccc(Nc2ccnc(Nc3ccccn3)n2)cc1. The zero-order valence-corrected chi connectivity index (χ0v) is 10.7. The lowest BCUT2D eigenvalue weighted by atomic mass is 10.3. The van der Waals surface area contributed by atoms with Crippen LogP contribution in [-0.2, 0) is 0 Å². The predicted molar refractivity (Wildman–Crippen MR) is 79.3 cm³/mol. The van der Waals surface area contributed by atoms with E-state index in [1.165, 1.54) is 0 Å². The number of pyridine rings is 1. The summed E-state index contributed by atoms with van der Waals surface area (Å²) in [4.78, 5) is 12.7. The van der Waals surface area contributed by atoms with Crippen molar-refractivity contribution in [3.63, 3.8) is 0 Å². The smallest absolute Gasteiger partial charge is 0.230 e. The van der Waals surface area contributed by atoms with E-state index in [0.717, 1.165) is 11.5 Å². The van der Waals surface area contributed by atoms with E-state index in [4.69, 9.17) is 0 Å². The fourth-order valence-electron chi connectivity index (χ4n) is 1.71. The molecule has 0 aliphatic heterocycles. The molecule has 0 aliphatic rings. The molecule has 0 saturated heterocycles. The van der Waals surface area contributed by atoms with Gasteiger partial charge in [-0.1, -0.05) is 24.3 Å². The minimum absolute atomic E-state index is 0.504. The van der Waals surface area contributed by atoms with E-state index in [1.54, 1.807) is 12.4 Å². The summed E-state index contributed by atoms with van der Waals surface area (Å²) in [5, 5.41) is 6.28. The standard InChI is InChI=1S/C15H13N5/c1-2-6-12(7-3-1)18-14-9-11-17-15(20-14)19-13-8-4-5-10-16-13/h1-11H,(H2,16,17,18,19,20). The molecule has 0 spiro atoms. The quantitative estimate of drug-likeness (QED) is 0.755. The number of nitrogens with zero attached hydrogens (tertiary/aromatic N) is 3. The average molecular weight is 263 g/mol. The molecule has 0 saturated carbocycles. The highest BCUT2D eigenvalue weighted by atomic mass is 15.2. The molecule has 0 radical (unpaired) electrons. The molecule has 2 heterocycles. The van der Waals surface area contributed by atoms with Crippen molar-refractivity contribution in [2.45, 2.75) is 0 Å². The summed E-state index contributed by atoms with van der Waals surface area (Å²) in [7, 11) is 0. The Morgan fingerprint density at radius 2 is 1.50 bits per heavy atom. The Morgan fingerprint density at radius 1 is 0.650 bits per heavy atom. The number of nitrogens with one attached hydrogen (secondary N) is 2. The van der Waals surface area contributed by atoms with Gasteiger partial charge < -0.3 is 10.6 Å². The molecule has 20 heavy (non-hydrogen) atoms. The number of hydrogen-bond acceptors (Lipinski definition) is 5. The van der Waals surface area contributed by atoms with Gasteiger partial charge in [-0.05, 0) is 30.3 Å². The van der Waals surface area contributed by atoms with Crippen molar-refractivity contribution < 1.29 is 0 Å². The van der Waals surface area contributed by atoms with Gasteiger partial charge in [0.25, 0.3) is 0 Å². The molecule has 0 unspecified atom stereocenters. The maximum absolute atomic E-state index is 4.39. The van der Waals surface area contributed by atoms with Crippen LogP contribution in [0.5, 0.6) is 0 Å². The summed E-state index contributed by atoms with van der Waals surface area (Å²) >= 11 is 0. The molecule has 0 aliphatic carbocycles. The first-order valence-corrected chi connectivity index (χ1v) is 6.23. The van der Waals surface area contributed by atoms with Crippen molar-refractivity contribution in [1.82, 2.24) is 15.0 Å². The van der Waals surface area contributed by atoms with Gasteiger partial charge in [0.15, 0.2) is 0 Å². The van der Waals surface area contributed by atoms with Crippen LogP contribution in [0.15, 0.2) is 67.0 Å². The van der Waals surface area contributed by atoms with Gasteiger partial charge in [-0.25, -0.2) is 9.97 Å². The second kappa shape index (κ2) is 5.79. The normalized spacial score (nSPS) is 10.0. The Hall–Kier alpha value is -2.95. The number of aromatic nitrogens is 3. The zero-order chi connectivity index (χ0) is 13.6. The topological polar surface area (TPSA) is 62.7 Å². The third kappa shape index (κ3) is 3.08. The molecular weight excluding hydrogens is 250 g/mol. The van der Waals surface area contributed by atoms with Crippen molar-refractivity contribution in [3.05, 3.63) is 67.0 Å². The molecule has 5 heteroatoms. The third-order valence-electron chi connectivity index (χ3n) is 2.61. The number of hydrogen-bond donors (Lipinski definition) is 2. The largest absolute Gasteiger partial charge is 0.340 e. The molecule has 3 rings (SSSR count). The van der Waals surface area contributed by atoms with Crippen LogP contribution in [-0.4, -0.2) is 15.0 Å². The lowest BCUT2D eigenvalue weighted by Gasteiger charge is -2.07. The summed E-state index contributed by atoms with van der Waals surface area (Å²) in [6.45, 7) is 0. The minimum Gasteiger partial charge on any atom is -0.340 e. The Balaban J connectivity index is 1.76. The lowest BCUT2D eigenvalue weighted by Crippen LogP contribution is -2.01. The van der Waals surface area contributed by atoms with E-state index < -0.39 is 0 Å². The number of rotatable bonds is 4. The van der Waals surface area contributed by atoms with Crippen molar-refractivity contribution in [2.75, 3.05) is 10.6 Å². The zero-order valence-electron chi connectivity index (χ0n) is 10.7. The molecule has 98 valence electrons. The molecule has 3 aromatic rings. The molecule has 5 nitrogen and oxygen atoms in total. The number of benzene rings is 1. The number of para-hydroxylation sites is 1. The fourth-order valence-corrected chi connectivity index (χ4v) is 1.71. The highest BCUT2D eigenvalue weighted by molar-refractivity contribution is 5.57. The van der Waals surface area contributed by atoms with Gasteiger partial charge in [0.05, 0.1) is 0 Å². The van der Waals surface area contributed by atoms with Crippen molar-refractivity contribution in [3.8, 4) is 0 Å². The summed E-state index contributed by atoms with van der Waals surface area (Å²) in [6, 6.07) is 17.3. The second-order valence-corrected chi connectivity index (χ2v) is 4.10. The molecule has 2 aromatic heterocycles. The van der Waals surface area contributed by atoms with Gasteiger partial charge in [-0.2, -0.15) is 4.98 Å². The van der Waals surface area contributed by atoms with Gasteiger partial charge in [0.2, 0.25) is 5.95 Å². The van der Waals surface area contributed by atoms with E-state index in [0.29, 0.717) is 11.8 Å². The highest BCUT2D eigenvalue weighted by Crippen LogP contribution is 2.15. The van der Waals surface area contributed by atoms with Crippen LogP contribution in [0.3, 0.4) is 0 Å². The second-order valence-electron chi connectivity index (χ2n) is 4.10. The van der Waals surface area contributed by atoms with Gasteiger partial charge in [0, 0.05) is 18.1 Å². The third-order valence-corrected chi connectivity index (χ3v) is 2.61. The van der Waals surface area contributed by atoms with E-state index in [1.807, 2.05) is 54.6 Å². The first kappa shape index (κ1) is 12.1. The fraction of sp³-hybridized carbons (Fsp3) is 0. The van der Waals surface area contributed by atoms with Gasteiger partial charge in [-0.15, -0.1) is 0 Å². The van der Waals surface area contributed by atoms with E-state index in [9.17, 15) is 0 Å². The molecular formula is C15H13N5. The average Bonchev–Trinajstić information content (AvgIpc) is 2.50. The van der Waals surface area contributed by atoms with E-state index in [2.05, 4.69) is 25.6 Å². The van der Waals surface area contributed by atoms with Crippen LogP contribution in [0, 0.1) is 0 Å². The van der Waals surface area contributed by atoms with E-state index >= 15 is 0 Å². The van der Waals surface area contributed by atoms with Gasteiger partial charge in [0.1, 0.15) is 11.6 Å². The summed E-state index contributed by atoms with van der Waals surface area (Å²) in [5.41, 5.74) is 0.981. The Morgan fingerprint density at radius 3 is 2.30 bits per heavy atom. The lowest BCUT2D eigenvalue weighted by molar-refractivity contribution is 1.15. The van der Waals surface area contributed by atoms with E-state index in [-0.39, 0.29) is 0 Å². The molecule has 0 amide bonds. The maximum atomic E-state index is 4.39. The monoisotopic (exact) mass is 263 g/mol. The van der Waals surface area contributed by atoms with Crippen LogP contribution in [0.25, 0.3) is 0 Å². The molecule has 0 bridgehead atoms. The van der Waals surface area contributed by atoms with Crippen LogP contribution in [0.1, 0.15) is 0 Å². The molecule has 2 N–H and O–H groups in total. The van der Waals surface area contributed by atoms with Crippen molar-refractivity contribution in [1.29, 1.82) is 0 Å². The Kier molecular flexibility index (Phi) is 3.51. The Labute approximate surface area is 116 Å². The van der Waals surface area contributed by atoms with Gasteiger partial charge in [-0.3, -0.25) is 0 Å². The molecule has 0 atom stereocenters. The molecule has 1 aromatic carbocycles. The van der Waals surface area contributed by atoms with Crippen molar-refractivity contribution >= 4 is 23.3 Å². The van der Waals surface area contributed by atoms with Crippen LogP contribution in [0.4, 0.5) is 23.3 Å². The first-order chi connectivity index (χ1) is 9.90. The van der Waals surface area contributed by atoms with Crippen LogP contribution >= 0.6 is 0 Å². The van der Waals surface area contributed by atoms with Crippen LogP contribution in [0.2, 0.25) is 0 Å². The maximum Gasteiger partial charge on any atom is 0.230 e. The number of anilines is 4. The molecule has 0 fully saturated rings. The minimum atomic E-state index is 0.504. The predicted octanol–water partition coefficient (Wildman–Crippen LogP) is 3.36.